The van der Waals surface area contributed by atoms with Gasteiger partial charge in [-0.2, -0.15) is 0 Å². The van der Waals surface area contributed by atoms with E-state index < -0.39 is 0 Å². The second kappa shape index (κ2) is 9.87. The minimum atomic E-state index is -0.355. The lowest BCUT2D eigenvalue weighted by Gasteiger charge is -2.07. The summed E-state index contributed by atoms with van der Waals surface area (Å²) in [5.74, 6) is -0.611. The van der Waals surface area contributed by atoms with Crippen LogP contribution in [0.3, 0.4) is 0 Å². The van der Waals surface area contributed by atoms with Gasteiger partial charge in [-0.3, -0.25) is 14.6 Å². The molecule has 5 nitrogen and oxygen atoms in total. The number of hydrogen-bond acceptors (Lipinski definition) is 3. The minimum absolute atomic E-state index is 0.256. The molecule has 146 valence electrons. The number of aromatic nitrogens is 1. The van der Waals surface area contributed by atoms with Gasteiger partial charge in [0.25, 0.3) is 5.91 Å². The number of benzene rings is 2. The van der Waals surface area contributed by atoms with Gasteiger partial charge in [-0.05, 0) is 60.2 Å². The maximum absolute atomic E-state index is 12.3. The van der Waals surface area contributed by atoms with Crippen molar-refractivity contribution in [2.45, 2.75) is 6.54 Å². The van der Waals surface area contributed by atoms with Crippen molar-refractivity contribution in [1.29, 1.82) is 0 Å². The molecule has 3 aromatic rings. The number of nitrogens with one attached hydrogen (secondary N) is 2. The molecule has 1 heterocycles. The molecule has 0 spiro atoms. The summed E-state index contributed by atoms with van der Waals surface area (Å²) in [6.07, 6.45) is 4.60. The zero-order valence-electron chi connectivity index (χ0n) is 15.2. The largest absolute Gasteiger partial charge is 0.346 e. The van der Waals surface area contributed by atoms with E-state index in [4.69, 9.17) is 23.2 Å². The van der Waals surface area contributed by atoms with Gasteiger partial charge < -0.3 is 10.6 Å². The Hall–Kier alpha value is -3.15. The maximum Gasteiger partial charge on any atom is 0.251 e. The summed E-state index contributed by atoms with van der Waals surface area (Å²) >= 11 is 12.0. The number of amides is 2. The van der Waals surface area contributed by atoms with Gasteiger partial charge in [-0.25, -0.2) is 0 Å². The molecule has 0 saturated carbocycles. The fourth-order valence-corrected chi connectivity index (χ4v) is 2.87. The van der Waals surface area contributed by atoms with Crippen LogP contribution in [0.4, 0.5) is 5.69 Å². The third-order valence-corrected chi connectivity index (χ3v) is 4.50. The first-order chi connectivity index (χ1) is 14.0. The lowest BCUT2D eigenvalue weighted by molar-refractivity contribution is -0.111. The molecule has 0 aliphatic rings. The minimum Gasteiger partial charge on any atom is -0.346 e. The topological polar surface area (TPSA) is 71.1 Å². The van der Waals surface area contributed by atoms with E-state index in [1.807, 2.05) is 18.2 Å². The maximum atomic E-state index is 12.3. The number of halogens is 2. The van der Waals surface area contributed by atoms with Gasteiger partial charge in [0.2, 0.25) is 5.91 Å². The highest BCUT2D eigenvalue weighted by Crippen LogP contribution is 2.21. The second-order valence-electron chi connectivity index (χ2n) is 6.07. The molecule has 0 aliphatic heterocycles. The van der Waals surface area contributed by atoms with Crippen LogP contribution in [-0.2, 0) is 11.3 Å². The predicted molar refractivity (Wildman–Crippen MR) is 116 cm³/mol. The first kappa shape index (κ1) is 20.6. The van der Waals surface area contributed by atoms with Gasteiger partial charge in [0, 0.05) is 33.6 Å². The highest BCUT2D eigenvalue weighted by Gasteiger charge is 2.07. The van der Waals surface area contributed by atoms with Crippen molar-refractivity contribution >= 4 is 46.8 Å². The third-order valence-electron chi connectivity index (χ3n) is 3.92. The van der Waals surface area contributed by atoms with Crippen LogP contribution < -0.4 is 10.6 Å². The number of anilines is 1. The highest BCUT2D eigenvalue weighted by atomic mass is 35.5. The average molecular weight is 426 g/mol. The van der Waals surface area contributed by atoms with Crippen molar-refractivity contribution in [3.05, 3.63) is 99.8 Å². The molecule has 1 aromatic heterocycles. The zero-order valence-corrected chi connectivity index (χ0v) is 16.7. The van der Waals surface area contributed by atoms with Crippen LogP contribution in [0, 0.1) is 0 Å². The SMILES string of the molecule is O=C(/C=C/c1cc(Cl)ccc1Cl)Nc1cccc(C(=O)NCc2ccccn2)c1. The average Bonchev–Trinajstić information content (AvgIpc) is 2.73. The smallest absolute Gasteiger partial charge is 0.251 e. The number of hydrogen-bond donors (Lipinski definition) is 2. The molecule has 0 unspecified atom stereocenters. The predicted octanol–water partition coefficient (Wildman–Crippen LogP) is 4.97. The normalized spacial score (nSPS) is 10.7. The second-order valence-corrected chi connectivity index (χ2v) is 6.92. The Labute approximate surface area is 178 Å². The quantitative estimate of drug-likeness (QED) is 0.547. The van der Waals surface area contributed by atoms with Crippen LogP contribution in [0.1, 0.15) is 21.6 Å². The third kappa shape index (κ3) is 6.17. The van der Waals surface area contributed by atoms with E-state index in [0.29, 0.717) is 33.4 Å². The first-order valence-corrected chi connectivity index (χ1v) is 9.49. The highest BCUT2D eigenvalue weighted by molar-refractivity contribution is 6.34. The van der Waals surface area contributed by atoms with Gasteiger partial charge in [0.05, 0.1) is 12.2 Å². The summed E-state index contributed by atoms with van der Waals surface area (Å²) in [6, 6.07) is 17.2. The van der Waals surface area contributed by atoms with Gasteiger partial charge in [0.1, 0.15) is 0 Å². The van der Waals surface area contributed by atoms with Gasteiger partial charge in [-0.1, -0.05) is 35.3 Å². The first-order valence-electron chi connectivity index (χ1n) is 8.73. The van der Waals surface area contributed by atoms with Crippen LogP contribution in [0.15, 0.2) is 72.9 Å². The van der Waals surface area contributed by atoms with Crippen LogP contribution in [-0.4, -0.2) is 16.8 Å². The van der Waals surface area contributed by atoms with Crippen molar-refractivity contribution in [3.63, 3.8) is 0 Å². The summed E-state index contributed by atoms with van der Waals surface area (Å²) in [6.45, 7) is 0.319. The molecule has 7 heteroatoms. The lowest BCUT2D eigenvalue weighted by atomic mass is 10.1. The van der Waals surface area contributed by atoms with E-state index in [0.717, 1.165) is 5.69 Å². The molecule has 0 bridgehead atoms. The number of rotatable bonds is 6. The summed E-state index contributed by atoms with van der Waals surface area (Å²) in [5, 5.41) is 6.54. The fraction of sp³-hybridized carbons (Fsp3) is 0.0455. The van der Waals surface area contributed by atoms with Crippen molar-refractivity contribution in [3.8, 4) is 0 Å². The molecule has 2 amide bonds. The summed E-state index contributed by atoms with van der Waals surface area (Å²) in [4.78, 5) is 28.7. The van der Waals surface area contributed by atoms with Crippen LogP contribution in [0.5, 0.6) is 0 Å². The van der Waals surface area contributed by atoms with Crippen molar-refractivity contribution in [2.75, 3.05) is 5.32 Å². The monoisotopic (exact) mass is 425 g/mol. The van der Waals surface area contributed by atoms with Gasteiger partial charge in [-0.15, -0.1) is 0 Å². The molecule has 0 radical (unpaired) electrons. The van der Waals surface area contributed by atoms with E-state index in [9.17, 15) is 9.59 Å². The van der Waals surface area contributed by atoms with Crippen molar-refractivity contribution in [1.82, 2.24) is 10.3 Å². The Morgan fingerprint density at radius 2 is 1.86 bits per heavy atom. The molecule has 0 aliphatic carbocycles. The van der Waals surface area contributed by atoms with Crippen molar-refractivity contribution in [2.24, 2.45) is 0 Å². The molecule has 2 N–H and O–H groups in total. The Bertz CT molecular complexity index is 1050. The molecule has 2 aromatic carbocycles. The molecular formula is C22H17Cl2N3O2. The Kier molecular flexibility index (Phi) is 7.00. The van der Waals surface area contributed by atoms with Crippen LogP contribution in [0.2, 0.25) is 10.0 Å². The molecule has 0 atom stereocenters. The number of carbonyl (C=O) groups is 2. The molecular weight excluding hydrogens is 409 g/mol. The van der Waals surface area contributed by atoms with Gasteiger partial charge >= 0.3 is 0 Å². The van der Waals surface area contributed by atoms with E-state index in [1.165, 1.54) is 6.08 Å². The van der Waals surface area contributed by atoms with Crippen molar-refractivity contribution < 1.29 is 9.59 Å². The van der Waals surface area contributed by atoms with E-state index in [1.54, 1.807) is 54.7 Å². The van der Waals surface area contributed by atoms with E-state index in [2.05, 4.69) is 15.6 Å². The molecule has 0 fully saturated rings. The summed E-state index contributed by atoms with van der Waals surface area (Å²) in [7, 11) is 0. The van der Waals surface area contributed by atoms with Gasteiger partial charge in [0.15, 0.2) is 0 Å². The lowest BCUT2D eigenvalue weighted by Crippen LogP contribution is -2.23. The Morgan fingerprint density at radius 1 is 1.00 bits per heavy atom. The zero-order chi connectivity index (χ0) is 20.6. The van der Waals surface area contributed by atoms with E-state index >= 15 is 0 Å². The Morgan fingerprint density at radius 3 is 2.66 bits per heavy atom. The molecule has 0 saturated heterocycles. The Balaban J connectivity index is 1.61. The number of pyridine rings is 1. The molecule has 29 heavy (non-hydrogen) atoms. The summed E-state index contributed by atoms with van der Waals surface area (Å²) < 4.78 is 0. The number of carbonyl (C=O) groups excluding carboxylic acids is 2. The summed E-state index contributed by atoms with van der Waals surface area (Å²) in [5.41, 5.74) is 2.33. The van der Waals surface area contributed by atoms with Crippen LogP contribution >= 0.6 is 23.2 Å². The fourth-order valence-electron chi connectivity index (χ4n) is 2.51. The number of nitrogens with zero attached hydrogens (tertiary/aromatic N) is 1. The van der Waals surface area contributed by atoms with E-state index in [-0.39, 0.29) is 11.8 Å². The molecule has 3 rings (SSSR count). The standard InChI is InChI=1S/C22H17Cl2N3O2/c23-17-8-9-20(24)15(12-17)7-10-21(28)27-18-6-3-4-16(13-18)22(29)26-14-19-5-1-2-11-25-19/h1-13H,14H2,(H,26,29)(H,27,28)/b10-7+. The van der Waals surface area contributed by atoms with Crippen LogP contribution in [0.25, 0.3) is 6.08 Å².